The van der Waals surface area contributed by atoms with E-state index in [0.29, 0.717) is 6.54 Å². The van der Waals surface area contributed by atoms with Crippen LogP contribution in [0.5, 0.6) is 0 Å². The molecule has 1 aliphatic heterocycles. The van der Waals surface area contributed by atoms with Crippen LogP contribution in [0.2, 0.25) is 0 Å². The summed E-state index contributed by atoms with van der Waals surface area (Å²) < 4.78 is 1.76. The second-order valence-corrected chi connectivity index (χ2v) is 4.19. The van der Waals surface area contributed by atoms with Crippen molar-refractivity contribution in [2.45, 2.75) is 20.4 Å². The van der Waals surface area contributed by atoms with Crippen LogP contribution in [0.1, 0.15) is 16.8 Å². The number of hydrogen-bond acceptors (Lipinski definition) is 2. The zero-order valence-corrected chi connectivity index (χ0v) is 9.32. The van der Waals surface area contributed by atoms with Gasteiger partial charge in [-0.2, -0.15) is 0 Å². The predicted octanol–water partition coefficient (Wildman–Crippen LogP) is 1.89. The standard InChI is InChI=1S/C13H12N2O/c1-8-9(2)14-12-11-6-4-3-5-10(11)7-15(12)13(8)16/h3-6H,7H2,1-2H3. The van der Waals surface area contributed by atoms with Gasteiger partial charge in [-0.05, 0) is 19.4 Å². The molecule has 3 heteroatoms. The lowest BCUT2D eigenvalue weighted by molar-refractivity contribution is 0.767. The van der Waals surface area contributed by atoms with Crippen LogP contribution in [0, 0.1) is 13.8 Å². The quantitative estimate of drug-likeness (QED) is 0.570. The molecule has 0 aliphatic carbocycles. The molecule has 1 aromatic heterocycles. The highest BCUT2D eigenvalue weighted by molar-refractivity contribution is 5.64. The van der Waals surface area contributed by atoms with Gasteiger partial charge in [0.2, 0.25) is 0 Å². The molecule has 16 heavy (non-hydrogen) atoms. The third-order valence-electron chi connectivity index (χ3n) is 3.22. The average molecular weight is 212 g/mol. The maximum absolute atomic E-state index is 12.1. The summed E-state index contributed by atoms with van der Waals surface area (Å²) >= 11 is 0. The molecule has 0 fully saturated rings. The van der Waals surface area contributed by atoms with Crippen molar-refractivity contribution in [2.75, 3.05) is 0 Å². The molecule has 0 unspecified atom stereocenters. The van der Waals surface area contributed by atoms with Crippen LogP contribution >= 0.6 is 0 Å². The second-order valence-electron chi connectivity index (χ2n) is 4.19. The maximum atomic E-state index is 12.1. The highest BCUT2D eigenvalue weighted by Gasteiger charge is 2.21. The fourth-order valence-electron chi connectivity index (χ4n) is 2.16. The van der Waals surface area contributed by atoms with Crippen LogP contribution in [0.25, 0.3) is 11.4 Å². The summed E-state index contributed by atoms with van der Waals surface area (Å²) in [7, 11) is 0. The molecule has 0 saturated heterocycles. The van der Waals surface area contributed by atoms with Gasteiger partial charge in [0.25, 0.3) is 5.56 Å². The van der Waals surface area contributed by atoms with Gasteiger partial charge in [-0.25, -0.2) is 4.98 Å². The first-order chi connectivity index (χ1) is 7.68. The van der Waals surface area contributed by atoms with E-state index in [0.717, 1.165) is 22.6 Å². The van der Waals surface area contributed by atoms with Gasteiger partial charge < -0.3 is 0 Å². The van der Waals surface area contributed by atoms with Crippen LogP contribution < -0.4 is 5.56 Å². The highest BCUT2D eigenvalue weighted by atomic mass is 16.1. The van der Waals surface area contributed by atoms with Gasteiger partial charge in [-0.3, -0.25) is 9.36 Å². The number of aryl methyl sites for hydroxylation is 1. The Balaban J connectivity index is 2.39. The van der Waals surface area contributed by atoms with Crippen molar-refractivity contribution >= 4 is 0 Å². The lowest BCUT2D eigenvalue weighted by Gasteiger charge is -2.05. The molecule has 2 heterocycles. The maximum Gasteiger partial charge on any atom is 0.257 e. The van der Waals surface area contributed by atoms with E-state index in [1.807, 2.05) is 38.1 Å². The monoisotopic (exact) mass is 212 g/mol. The number of benzene rings is 1. The number of rotatable bonds is 0. The van der Waals surface area contributed by atoms with Gasteiger partial charge in [0.15, 0.2) is 0 Å². The normalized spacial score (nSPS) is 12.4. The Labute approximate surface area is 93.4 Å². The fraction of sp³-hybridized carbons (Fsp3) is 0.231. The summed E-state index contributed by atoms with van der Waals surface area (Å²) in [6, 6.07) is 8.05. The molecule has 80 valence electrons. The summed E-state index contributed by atoms with van der Waals surface area (Å²) in [5, 5.41) is 0. The smallest absolute Gasteiger partial charge is 0.257 e. The van der Waals surface area contributed by atoms with Gasteiger partial charge in [-0.15, -0.1) is 0 Å². The van der Waals surface area contributed by atoms with Gasteiger partial charge in [-0.1, -0.05) is 24.3 Å². The molecule has 0 amide bonds. The molecule has 2 aromatic rings. The third-order valence-corrected chi connectivity index (χ3v) is 3.22. The Morgan fingerprint density at radius 3 is 2.81 bits per heavy atom. The van der Waals surface area contributed by atoms with Crippen molar-refractivity contribution in [3.05, 3.63) is 51.4 Å². The van der Waals surface area contributed by atoms with Crippen molar-refractivity contribution in [1.29, 1.82) is 0 Å². The second kappa shape index (κ2) is 3.04. The first-order valence-electron chi connectivity index (χ1n) is 5.35. The Bertz CT molecular complexity index is 641. The minimum atomic E-state index is 0.0821. The predicted molar refractivity (Wildman–Crippen MR) is 62.5 cm³/mol. The topological polar surface area (TPSA) is 34.9 Å². The lowest BCUT2D eigenvalue weighted by atomic mass is 10.1. The van der Waals surface area contributed by atoms with Crippen LogP contribution in [0.4, 0.5) is 0 Å². The number of hydrogen-bond donors (Lipinski definition) is 0. The van der Waals surface area contributed by atoms with Gasteiger partial charge in [0.05, 0.1) is 6.54 Å². The Kier molecular flexibility index (Phi) is 1.78. The van der Waals surface area contributed by atoms with Gasteiger partial charge in [0, 0.05) is 16.8 Å². The van der Waals surface area contributed by atoms with Crippen molar-refractivity contribution in [3.63, 3.8) is 0 Å². The van der Waals surface area contributed by atoms with E-state index in [1.54, 1.807) is 4.57 Å². The molecular formula is C13H12N2O. The number of aromatic nitrogens is 2. The third kappa shape index (κ3) is 1.08. The van der Waals surface area contributed by atoms with E-state index < -0.39 is 0 Å². The first-order valence-corrected chi connectivity index (χ1v) is 5.35. The zero-order valence-electron chi connectivity index (χ0n) is 9.32. The molecule has 3 rings (SSSR count). The average Bonchev–Trinajstić information content (AvgIpc) is 2.65. The summed E-state index contributed by atoms with van der Waals surface area (Å²) in [6.07, 6.45) is 0. The molecule has 0 bridgehead atoms. The number of nitrogens with zero attached hydrogens (tertiary/aromatic N) is 2. The van der Waals surface area contributed by atoms with Gasteiger partial charge in [0.1, 0.15) is 5.82 Å². The molecule has 0 atom stereocenters. The van der Waals surface area contributed by atoms with E-state index >= 15 is 0 Å². The molecule has 0 saturated carbocycles. The highest BCUT2D eigenvalue weighted by Crippen LogP contribution is 2.28. The summed E-state index contributed by atoms with van der Waals surface area (Å²) in [5.41, 5.74) is 3.92. The molecular weight excluding hydrogens is 200 g/mol. The van der Waals surface area contributed by atoms with E-state index in [9.17, 15) is 4.79 Å². The van der Waals surface area contributed by atoms with E-state index in [2.05, 4.69) is 4.98 Å². The Morgan fingerprint density at radius 1 is 1.25 bits per heavy atom. The SMILES string of the molecule is Cc1nc2n(c(=O)c1C)Cc1ccccc1-2. The fourth-order valence-corrected chi connectivity index (χ4v) is 2.16. The summed E-state index contributed by atoms with van der Waals surface area (Å²) in [6.45, 7) is 4.37. The zero-order chi connectivity index (χ0) is 11.3. The van der Waals surface area contributed by atoms with E-state index in [-0.39, 0.29) is 5.56 Å². The van der Waals surface area contributed by atoms with E-state index in [4.69, 9.17) is 0 Å². The molecule has 1 aliphatic rings. The number of fused-ring (bicyclic) bond motifs is 3. The van der Waals surface area contributed by atoms with Crippen molar-refractivity contribution in [2.24, 2.45) is 0 Å². The molecule has 0 radical (unpaired) electrons. The van der Waals surface area contributed by atoms with Crippen molar-refractivity contribution in [3.8, 4) is 11.4 Å². The first kappa shape index (κ1) is 9.33. The minimum absolute atomic E-state index is 0.0821. The van der Waals surface area contributed by atoms with Gasteiger partial charge >= 0.3 is 0 Å². The molecule has 0 spiro atoms. The summed E-state index contributed by atoms with van der Waals surface area (Å²) in [5.74, 6) is 0.809. The van der Waals surface area contributed by atoms with Crippen LogP contribution in [0.3, 0.4) is 0 Å². The van der Waals surface area contributed by atoms with Crippen LogP contribution in [-0.2, 0) is 6.54 Å². The minimum Gasteiger partial charge on any atom is -0.288 e. The molecule has 3 nitrogen and oxygen atoms in total. The Hall–Kier alpha value is -1.90. The van der Waals surface area contributed by atoms with Crippen LogP contribution in [-0.4, -0.2) is 9.55 Å². The van der Waals surface area contributed by atoms with Crippen molar-refractivity contribution < 1.29 is 0 Å². The van der Waals surface area contributed by atoms with Crippen molar-refractivity contribution in [1.82, 2.24) is 9.55 Å². The lowest BCUT2D eigenvalue weighted by Crippen LogP contribution is -2.23. The largest absolute Gasteiger partial charge is 0.288 e. The van der Waals surface area contributed by atoms with E-state index in [1.165, 1.54) is 5.56 Å². The Morgan fingerprint density at radius 2 is 2.00 bits per heavy atom. The summed E-state index contributed by atoms with van der Waals surface area (Å²) in [4.78, 5) is 16.6. The van der Waals surface area contributed by atoms with Crippen LogP contribution in [0.15, 0.2) is 29.1 Å². The molecule has 0 N–H and O–H groups in total. The molecule has 1 aromatic carbocycles.